The lowest BCUT2D eigenvalue weighted by atomic mass is 9.77. The Kier molecular flexibility index (Phi) is 16.6. The van der Waals surface area contributed by atoms with Gasteiger partial charge in [0.05, 0.1) is 11.8 Å². The van der Waals surface area contributed by atoms with Crippen LogP contribution in [0.3, 0.4) is 0 Å². The van der Waals surface area contributed by atoms with Gasteiger partial charge in [-0.1, -0.05) is 181 Å². The molecule has 6 aromatic carbocycles. The number of ether oxygens (including phenoxy) is 3. The van der Waals surface area contributed by atoms with Gasteiger partial charge in [0.1, 0.15) is 40.7 Å². The number of methoxy groups -OCH3 is 1. The van der Waals surface area contributed by atoms with Crippen molar-refractivity contribution < 1.29 is 38.2 Å². The fourth-order valence-electron chi connectivity index (χ4n) is 9.45. The van der Waals surface area contributed by atoms with Gasteiger partial charge in [0.2, 0.25) is 6.10 Å². The summed E-state index contributed by atoms with van der Waals surface area (Å²) in [6, 6.07) is 58.5. The fourth-order valence-corrected chi connectivity index (χ4v) is 13.7. The number of carbonyl (C=O) groups excluding carboxylic acids is 4. The summed E-state index contributed by atoms with van der Waals surface area (Å²) in [7, 11) is 1.57. The first-order valence-corrected chi connectivity index (χ1v) is 29.5. The molecule has 2 amide bonds. The average molecular weight is 1150 g/mol. The Labute approximate surface area is 483 Å². The van der Waals surface area contributed by atoms with Crippen LogP contribution in [0.1, 0.15) is 52.1 Å². The van der Waals surface area contributed by atoms with Crippen molar-refractivity contribution in [3.8, 4) is 5.75 Å². The molecule has 15 nitrogen and oxygen atoms in total. The molecule has 19 heteroatoms. The van der Waals surface area contributed by atoms with Gasteiger partial charge >= 0.3 is 11.9 Å². The minimum Gasteiger partial charge on any atom is -0.497 e. The molecule has 2 N–H and O–H groups in total. The number of carbonyl (C=O) groups is 4. The molecule has 9 aromatic rings. The predicted octanol–water partition coefficient (Wildman–Crippen LogP) is 11.2. The zero-order valence-corrected chi connectivity index (χ0v) is 46.9. The monoisotopic (exact) mass is 1150 g/mol. The van der Waals surface area contributed by atoms with Gasteiger partial charge in [0.15, 0.2) is 26.9 Å². The number of hydrogen-bond acceptors (Lipinski definition) is 17. The van der Waals surface area contributed by atoms with Crippen LogP contribution < -0.4 is 15.4 Å². The molecule has 1 saturated heterocycles. The average Bonchev–Trinajstić information content (AvgIpc) is 4.29. The molecule has 2 aliphatic rings. The molecular weight excluding hydrogens is 1100 g/mol. The minimum absolute atomic E-state index is 0.0606. The number of rotatable bonds is 21. The number of β-lactam (4-membered cyclic amide) rings is 1. The molecule has 0 saturated carbocycles. The molecule has 81 heavy (non-hydrogen) atoms. The second-order valence-electron chi connectivity index (χ2n) is 18.7. The summed E-state index contributed by atoms with van der Waals surface area (Å²) in [6.45, 7) is 1.42. The Balaban J connectivity index is 0.896. The number of hydrogen-bond donors (Lipinski definition) is 2. The van der Waals surface area contributed by atoms with E-state index in [0.29, 0.717) is 33.6 Å². The number of thioether (sulfide) groups is 2. The zero-order chi connectivity index (χ0) is 55.7. The van der Waals surface area contributed by atoms with E-state index in [1.54, 1.807) is 43.0 Å². The summed E-state index contributed by atoms with van der Waals surface area (Å²) in [5.41, 5.74) is 5.22. The molecule has 3 atom stereocenters. The highest BCUT2D eigenvalue weighted by Crippen LogP contribution is 2.44. The highest BCUT2D eigenvalue weighted by molar-refractivity contribution is 8.02. The molecule has 5 heterocycles. The van der Waals surface area contributed by atoms with Gasteiger partial charge in [0.25, 0.3) is 11.8 Å². The third kappa shape index (κ3) is 11.8. The number of anilines is 1. The summed E-state index contributed by atoms with van der Waals surface area (Å²) in [4.78, 5) is 79.2. The number of thiazole rings is 2. The second kappa shape index (κ2) is 24.8. The molecule has 0 aliphatic carbocycles. The first kappa shape index (κ1) is 54.3. The normalized spacial score (nSPS) is 15.6. The van der Waals surface area contributed by atoms with Gasteiger partial charge in [-0.15, -0.1) is 34.4 Å². The van der Waals surface area contributed by atoms with Crippen LogP contribution >= 0.6 is 46.2 Å². The van der Waals surface area contributed by atoms with Gasteiger partial charge in [-0.05, 0) is 70.1 Å². The lowest BCUT2D eigenvalue weighted by molar-refractivity contribution is -0.160. The van der Waals surface area contributed by atoms with Crippen LogP contribution in [0.4, 0.5) is 5.13 Å². The van der Waals surface area contributed by atoms with Crippen LogP contribution in [-0.2, 0) is 45.6 Å². The van der Waals surface area contributed by atoms with Gasteiger partial charge in [-0.25, -0.2) is 24.5 Å². The van der Waals surface area contributed by atoms with Crippen LogP contribution in [0.15, 0.2) is 220 Å². The van der Waals surface area contributed by atoms with E-state index in [4.69, 9.17) is 24.0 Å². The maximum Gasteiger partial charge on any atom is 0.355 e. The number of aromatic nitrogens is 3. The molecule has 0 bridgehead atoms. The van der Waals surface area contributed by atoms with E-state index in [9.17, 15) is 19.2 Å². The molecule has 2 aliphatic heterocycles. The number of nitrogens with one attached hydrogen (secondary N) is 2. The van der Waals surface area contributed by atoms with E-state index in [-0.39, 0.29) is 23.7 Å². The maximum atomic E-state index is 15.0. The Morgan fingerprint density at radius 1 is 0.778 bits per heavy atom. The summed E-state index contributed by atoms with van der Waals surface area (Å²) >= 11 is 5.57. The second-order valence-corrected chi connectivity index (χ2v) is 22.9. The van der Waals surface area contributed by atoms with Crippen LogP contribution in [0, 0.1) is 0 Å². The highest BCUT2D eigenvalue weighted by Gasteiger charge is 2.55. The lowest BCUT2D eigenvalue weighted by Gasteiger charge is -2.49. The third-order valence-electron chi connectivity index (χ3n) is 13.5. The largest absolute Gasteiger partial charge is 0.497 e. The molecule has 0 radical (unpaired) electrons. The molecule has 1 fully saturated rings. The Hall–Kier alpha value is -8.62. The van der Waals surface area contributed by atoms with Crippen molar-refractivity contribution in [1.29, 1.82) is 0 Å². The standard InChI is InChI=1S/C62H51N7O8S4/c1-39(58(72)76-53(41-19-8-3-9-20-41)42-21-10-4-11-22-42)77-68-50(48-38-79-60(64-48)67-62(44-23-12-5-13-24-44,45-25-14-6-15-26-45)46-27-16-7-17-28-46)55(70)65-51-56(71)69-52(59(73)75-35-40-30-32-47(74-2)33-31-40)43(36-78-57(51)69)37-80-61-66-54-49(81-61)29-18-34-63-54/h3-34,38-39,51,53,57H,35-37H2,1-2H3,(H,64,67)(H,65,70)/b68-50-/t39-,51?,57?/m0/s1. The van der Waals surface area contributed by atoms with E-state index in [2.05, 4.69) is 25.8 Å². The zero-order valence-electron chi connectivity index (χ0n) is 43.6. The molecule has 406 valence electrons. The van der Waals surface area contributed by atoms with E-state index in [1.807, 2.05) is 164 Å². The summed E-state index contributed by atoms with van der Waals surface area (Å²) in [5.74, 6) is -1.45. The van der Waals surface area contributed by atoms with E-state index in [0.717, 1.165) is 42.4 Å². The molecular formula is C62H51N7O8S4. The quantitative estimate of drug-likeness (QED) is 0.0173. The Bertz CT molecular complexity index is 3570. The summed E-state index contributed by atoms with van der Waals surface area (Å²) in [5, 5.41) is 12.4. The fraction of sp³-hybridized carbons (Fsp3) is 0.161. The predicted molar refractivity (Wildman–Crippen MR) is 316 cm³/mol. The topological polar surface area (TPSA) is 184 Å². The minimum atomic E-state index is -1.32. The number of amides is 2. The van der Waals surface area contributed by atoms with Crippen LogP contribution in [0.2, 0.25) is 0 Å². The van der Waals surface area contributed by atoms with Crippen molar-refractivity contribution in [2.75, 3.05) is 23.9 Å². The number of benzene rings is 6. The van der Waals surface area contributed by atoms with Gasteiger partial charge in [-0.3, -0.25) is 14.5 Å². The number of fused-ring (bicyclic) bond motifs is 2. The van der Waals surface area contributed by atoms with Crippen molar-refractivity contribution in [3.63, 3.8) is 0 Å². The first-order chi connectivity index (χ1) is 39.7. The maximum absolute atomic E-state index is 15.0. The van der Waals surface area contributed by atoms with Crippen LogP contribution in [-0.4, -0.2) is 85.5 Å². The first-order valence-electron chi connectivity index (χ1n) is 25.7. The molecule has 11 rings (SSSR count). The highest BCUT2D eigenvalue weighted by atomic mass is 32.2. The number of esters is 2. The van der Waals surface area contributed by atoms with Crippen molar-refractivity contribution in [3.05, 3.63) is 250 Å². The lowest BCUT2D eigenvalue weighted by Crippen LogP contribution is -2.71. The Morgan fingerprint density at radius 2 is 1.38 bits per heavy atom. The number of pyridine rings is 1. The van der Waals surface area contributed by atoms with Crippen LogP contribution in [0.25, 0.3) is 10.3 Å². The smallest absolute Gasteiger partial charge is 0.355 e. The van der Waals surface area contributed by atoms with Crippen molar-refractivity contribution >= 4 is 91.1 Å². The van der Waals surface area contributed by atoms with Crippen molar-refractivity contribution in [2.24, 2.45) is 5.16 Å². The molecule has 2 unspecified atom stereocenters. The molecule has 3 aromatic heterocycles. The van der Waals surface area contributed by atoms with Crippen LogP contribution in [0.5, 0.6) is 5.75 Å². The summed E-state index contributed by atoms with van der Waals surface area (Å²) < 4.78 is 19.0. The summed E-state index contributed by atoms with van der Waals surface area (Å²) in [6.07, 6.45) is -0.401. The van der Waals surface area contributed by atoms with Gasteiger partial charge < -0.3 is 29.7 Å². The van der Waals surface area contributed by atoms with Crippen molar-refractivity contribution in [1.82, 2.24) is 25.2 Å². The Morgan fingerprint density at radius 3 is 1.98 bits per heavy atom. The molecule has 0 spiro atoms. The van der Waals surface area contributed by atoms with Gasteiger partial charge in [0, 0.05) is 23.1 Å². The van der Waals surface area contributed by atoms with E-state index in [1.165, 1.54) is 58.0 Å². The SMILES string of the molecule is COc1ccc(COC(=O)C2=C(CSc3nc4ncccc4s3)CSC3C(NC(=O)/C(=N\O[C@@H](C)C(=O)OC(c4ccccc4)c4ccccc4)c4csc(NC(c5ccccc5)(c5ccccc5)c5ccccc5)n4)C(=O)N23)cc1. The van der Waals surface area contributed by atoms with Gasteiger partial charge in [-0.2, -0.15) is 0 Å². The third-order valence-corrected chi connectivity index (χ3v) is 17.9. The van der Waals surface area contributed by atoms with E-state index < -0.39 is 52.9 Å². The van der Waals surface area contributed by atoms with Crippen molar-refractivity contribution in [2.45, 2.75) is 47.0 Å². The van der Waals surface area contributed by atoms with E-state index >= 15 is 0 Å². The number of nitrogens with zero attached hydrogens (tertiary/aromatic N) is 5. The number of oxime groups is 1.